The second kappa shape index (κ2) is 21.1. The molecule has 0 heterocycles. The maximum absolute atomic E-state index is 12.1. The van der Waals surface area contributed by atoms with Crippen molar-refractivity contribution >= 4 is 45.9 Å². The number of aryl methyl sites for hydroxylation is 7. The molecule has 0 aromatic heterocycles. The summed E-state index contributed by atoms with van der Waals surface area (Å²) in [6.07, 6.45) is 2.34. The van der Waals surface area contributed by atoms with Gasteiger partial charge in [-0.25, -0.2) is 0 Å². The molecule has 6 rings (SSSR count). The molecule has 0 atom stereocenters. The molecule has 0 fully saturated rings. The largest absolute Gasteiger partial charge is 0.463 e. The minimum Gasteiger partial charge on any atom is -0.463 e. The van der Waals surface area contributed by atoms with Crippen molar-refractivity contribution in [2.75, 3.05) is 30.1 Å². The van der Waals surface area contributed by atoms with Crippen LogP contribution >= 0.6 is 0 Å². The molecule has 0 aliphatic heterocycles. The van der Waals surface area contributed by atoms with Crippen LogP contribution in [0, 0.1) is 41.5 Å². The number of anilines is 6. The van der Waals surface area contributed by atoms with Gasteiger partial charge in [-0.05, 0) is 190 Å². The van der Waals surface area contributed by atoms with Crippen molar-refractivity contribution in [3.05, 3.63) is 179 Å². The van der Waals surface area contributed by atoms with Crippen molar-refractivity contribution in [1.29, 1.82) is 0 Å². The molecule has 0 amide bonds. The predicted molar refractivity (Wildman–Crippen MR) is 251 cm³/mol. The van der Waals surface area contributed by atoms with E-state index < -0.39 is 0 Å². The lowest BCUT2D eigenvalue weighted by Crippen LogP contribution is -2.12. The molecule has 0 spiro atoms. The average Bonchev–Trinajstić information content (AvgIpc) is 3.23. The van der Waals surface area contributed by atoms with Crippen LogP contribution in [-0.4, -0.2) is 32.1 Å². The molecule has 0 saturated carbocycles. The van der Waals surface area contributed by atoms with E-state index >= 15 is 0 Å². The summed E-state index contributed by atoms with van der Waals surface area (Å²) in [4.78, 5) is 28.6. The Hall–Kier alpha value is -6.24. The molecule has 0 bridgehead atoms. The number of nitrogens with zero attached hydrogens (tertiary/aromatic N) is 2. The molecule has 0 aliphatic rings. The van der Waals surface area contributed by atoms with Crippen LogP contribution in [0.2, 0.25) is 0 Å². The Morgan fingerprint density at radius 3 is 1.38 bits per heavy atom. The molecule has 0 saturated heterocycles. The van der Waals surface area contributed by atoms with Crippen LogP contribution in [0.3, 0.4) is 0 Å². The first kappa shape index (κ1) is 44.9. The third-order valence-electron chi connectivity index (χ3n) is 10.9. The normalized spacial score (nSPS) is 10.7. The predicted octanol–water partition coefficient (Wildman–Crippen LogP) is 13.6. The fourth-order valence-corrected chi connectivity index (χ4v) is 7.37. The number of Topliss-reactive ketones (excluding diaryl/α,β-unsaturated/α-hetero) is 1. The number of benzene rings is 6. The molecule has 6 aromatic carbocycles. The Bertz CT molecular complexity index is 2400. The molecule has 0 aliphatic carbocycles. The summed E-state index contributed by atoms with van der Waals surface area (Å²) in [6.45, 7) is 21.3. The summed E-state index contributed by atoms with van der Waals surface area (Å²) >= 11 is 0. The van der Waals surface area contributed by atoms with E-state index in [2.05, 4.69) is 186 Å². The molecule has 0 N–H and O–H groups in total. The van der Waals surface area contributed by atoms with Crippen molar-refractivity contribution in [3.63, 3.8) is 0 Å². The van der Waals surface area contributed by atoms with Gasteiger partial charge in [0.05, 0.1) is 6.61 Å². The van der Waals surface area contributed by atoms with Gasteiger partial charge in [0.1, 0.15) is 12.4 Å². The summed E-state index contributed by atoms with van der Waals surface area (Å²) < 4.78 is 10.2. The van der Waals surface area contributed by atoms with Gasteiger partial charge in [0.2, 0.25) is 0 Å². The highest BCUT2D eigenvalue weighted by atomic mass is 16.6. The highest BCUT2D eigenvalue weighted by molar-refractivity contribution is 5.84. The molecular weight excluding hydrogens is 741 g/mol. The summed E-state index contributed by atoms with van der Waals surface area (Å²) in [5, 5.41) is 0. The van der Waals surface area contributed by atoms with E-state index in [9.17, 15) is 9.59 Å². The number of methoxy groups -OCH3 is 1. The maximum atomic E-state index is 12.1. The fourth-order valence-electron chi connectivity index (χ4n) is 7.37. The summed E-state index contributed by atoms with van der Waals surface area (Å²) in [5.74, 6) is -0.0314. The number of ether oxygens (including phenoxy) is 2. The zero-order chi connectivity index (χ0) is 43.3. The molecule has 6 heteroatoms. The summed E-state index contributed by atoms with van der Waals surface area (Å²) in [5.41, 5.74) is 18.3. The SMILES string of the molecule is C=C.COCCOC(=O)CCCc1ccc(N(c2ccc(C)c(C)c2)c2ccc(-c3ccc(N(c4ccc(CC(C)=O)cc4)c4ccc(C)c(C)c4)c(C)c3)cc2C)cc1. The minimum atomic E-state index is -0.188. The Labute approximate surface area is 358 Å². The first-order valence-corrected chi connectivity index (χ1v) is 20.7. The molecule has 60 heavy (non-hydrogen) atoms. The van der Waals surface area contributed by atoms with Gasteiger partial charge in [-0.1, -0.05) is 48.5 Å². The van der Waals surface area contributed by atoms with Crippen LogP contribution in [0.1, 0.15) is 64.3 Å². The van der Waals surface area contributed by atoms with E-state index in [0.29, 0.717) is 26.1 Å². The zero-order valence-corrected chi connectivity index (χ0v) is 36.7. The van der Waals surface area contributed by atoms with Gasteiger partial charge in [0.15, 0.2) is 0 Å². The van der Waals surface area contributed by atoms with Crippen molar-refractivity contribution in [2.24, 2.45) is 0 Å². The lowest BCUT2D eigenvalue weighted by atomic mass is 9.98. The number of rotatable bonds is 16. The Morgan fingerprint density at radius 2 is 0.967 bits per heavy atom. The monoisotopic (exact) mass is 800 g/mol. The van der Waals surface area contributed by atoms with Crippen LogP contribution in [0.4, 0.5) is 34.1 Å². The van der Waals surface area contributed by atoms with Crippen molar-refractivity contribution in [1.82, 2.24) is 0 Å². The topological polar surface area (TPSA) is 59.1 Å². The molecule has 6 nitrogen and oxygen atoms in total. The van der Waals surface area contributed by atoms with Crippen LogP contribution in [-0.2, 0) is 31.9 Å². The van der Waals surface area contributed by atoms with Crippen molar-refractivity contribution in [2.45, 2.75) is 74.1 Å². The van der Waals surface area contributed by atoms with E-state index in [4.69, 9.17) is 9.47 Å². The van der Waals surface area contributed by atoms with E-state index in [0.717, 1.165) is 74.8 Å². The van der Waals surface area contributed by atoms with Gasteiger partial charge in [0.25, 0.3) is 0 Å². The minimum absolute atomic E-state index is 0.156. The Morgan fingerprint density at radius 1 is 0.517 bits per heavy atom. The lowest BCUT2D eigenvalue weighted by Gasteiger charge is -2.29. The Kier molecular flexibility index (Phi) is 15.8. The molecule has 0 unspecified atom stereocenters. The van der Waals surface area contributed by atoms with E-state index in [-0.39, 0.29) is 11.8 Å². The second-order valence-electron chi connectivity index (χ2n) is 15.5. The fraction of sp³-hybridized carbons (Fsp3) is 0.259. The standard InChI is InChI=1S/C52H56N2O4.C2H4/c1-35-12-20-48(32-37(35)3)53(46-22-14-42(15-23-46)10-9-11-52(56)58-29-28-57-8)50-26-18-44(30-39(50)5)45-19-27-51(40(6)31-45)54(49-21-13-36(2)38(4)33-49)47-24-16-43(17-25-47)34-41(7)55;1-2/h12-27,30-33H,9-11,28-29,34H2,1-8H3;1-2H2. The quantitative estimate of drug-likeness (QED) is 0.0552. The average molecular weight is 801 g/mol. The van der Waals surface area contributed by atoms with E-state index in [1.807, 2.05) is 0 Å². The third kappa shape index (κ3) is 11.3. The smallest absolute Gasteiger partial charge is 0.305 e. The van der Waals surface area contributed by atoms with Gasteiger partial charge in [0, 0.05) is 54.1 Å². The molecule has 0 radical (unpaired) electrons. The van der Waals surface area contributed by atoms with Gasteiger partial charge in [-0.2, -0.15) is 0 Å². The number of carbonyl (C=O) groups is 2. The van der Waals surface area contributed by atoms with Gasteiger partial charge in [-0.15, -0.1) is 13.2 Å². The molecular formula is C54H60N2O4. The summed E-state index contributed by atoms with van der Waals surface area (Å²) in [6, 6.07) is 43.7. The number of ketones is 1. The van der Waals surface area contributed by atoms with Crippen molar-refractivity contribution < 1.29 is 19.1 Å². The Balaban J connectivity index is 0.00000336. The third-order valence-corrected chi connectivity index (χ3v) is 10.9. The van der Waals surface area contributed by atoms with Crippen LogP contribution in [0.5, 0.6) is 0 Å². The number of hydrogen-bond donors (Lipinski definition) is 0. The second-order valence-corrected chi connectivity index (χ2v) is 15.5. The number of esters is 1. The first-order chi connectivity index (χ1) is 28.9. The summed E-state index contributed by atoms with van der Waals surface area (Å²) in [7, 11) is 1.60. The van der Waals surface area contributed by atoms with Gasteiger partial charge >= 0.3 is 5.97 Å². The van der Waals surface area contributed by atoms with E-state index in [1.165, 1.54) is 27.8 Å². The van der Waals surface area contributed by atoms with Crippen LogP contribution in [0.15, 0.2) is 134 Å². The molecule has 6 aromatic rings. The highest BCUT2D eigenvalue weighted by Crippen LogP contribution is 2.41. The number of carbonyl (C=O) groups excluding carboxylic acids is 2. The number of hydrogen-bond acceptors (Lipinski definition) is 6. The van der Waals surface area contributed by atoms with Crippen LogP contribution in [0.25, 0.3) is 11.1 Å². The highest BCUT2D eigenvalue weighted by Gasteiger charge is 2.19. The van der Waals surface area contributed by atoms with Gasteiger partial charge < -0.3 is 19.3 Å². The van der Waals surface area contributed by atoms with Crippen LogP contribution < -0.4 is 9.80 Å². The lowest BCUT2D eigenvalue weighted by molar-refractivity contribution is -0.145. The maximum Gasteiger partial charge on any atom is 0.305 e. The van der Waals surface area contributed by atoms with E-state index in [1.54, 1.807) is 14.0 Å². The van der Waals surface area contributed by atoms with Crippen molar-refractivity contribution in [3.8, 4) is 11.1 Å². The van der Waals surface area contributed by atoms with Gasteiger partial charge in [-0.3, -0.25) is 9.59 Å². The first-order valence-electron chi connectivity index (χ1n) is 20.7. The zero-order valence-electron chi connectivity index (χ0n) is 36.7. The molecule has 310 valence electrons.